The number of aromatic nitrogens is 2. The zero-order valence-corrected chi connectivity index (χ0v) is 18.5. The molecule has 0 radical (unpaired) electrons. The average Bonchev–Trinajstić information content (AvgIpc) is 3.28. The third-order valence-electron chi connectivity index (χ3n) is 5.85. The van der Waals surface area contributed by atoms with E-state index in [0.29, 0.717) is 24.6 Å². The fourth-order valence-electron chi connectivity index (χ4n) is 4.22. The molecule has 6 nitrogen and oxygen atoms in total. The first kappa shape index (κ1) is 21.1. The average molecular weight is 419 g/mol. The first-order valence-corrected chi connectivity index (χ1v) is 11.1. The standard InChI is InChI=1S/C25H30N4O2/c1-17(2)15-29-22-12-7-6-11-21(22)27-23(29)13-8-14-26-24(30)18(3)28-16-19-9-4-5-10-20(19)25(28)31/h4-7,9-12,17-18H,8,13-16H2,1-3H3,(H,26,30)/t18-/m1/s1. The van der Waals surface area contributed by atoms with Crippen LogP contribution in [0.25, 0.3) is 11.0 Å². The number of benzene rings is 2. The van der Waals surface area contributed by atoms with Crippen LogP contribution in [0.4, 0.5) is 0 Å². The fraction of sp³-hybridized carbons (Fsp3) is 0.400. The van der Waals surface area contributed by atoms with Crippen molar-refractivity contribution in [2.45, 2.75) is 52.7 Å². The molecule has 2 amide bonds. The van der Waals surface area contributed by atoms with Crippen LogP contribution >= 0.6 is 0 Å². The molecular weight excluding hydrogens is 388 g/mol. The second kappa shape index (κ2) is 8.92. The lowest BCUT2D eigenvalue weighted by Crippen LogP contribution is -2.45. The molecule has 1 N–H and O–H groups in total. The maximum Gasteiger partial charge on any atom is 0.255 e. The number of rotatable bonds is 8. The molecule has 0 saturated heterocycles. The van der Waals surface area contributed by atoms with E-state index < -0.39 is 6.04 Å². The summed E-state index contributed by atoms with van der Waals surface area (Å²) in [6, 6.07) is 15.3. The minimum absolute atomic E-state index is 0.0688. The van der Waals surface area contributed by atoms with E-state index in [1.165, 1.54) is 0 Å². The van der Waals surface area contributed by atoms with Gasteiger partial charge in [0.05, 0.1) is 11.0 Å². The number of hydrogen-bond acceptors (Lipinski definition) is 3. The monoisotopic (exact) mass is 418 g/mol. The summed E-state index contributed by atoms with van der Waals surface area (Å²) in [6.45, 7) is 8.18. The second-order valence-electron chi connectivity index (χ2n) is 8.68. The molecule has 1 atom stereocenters. The molecule has 0 aliphatic carbocycles. The van der Waals surface area contributed by atoms with E-state index in [9.17, 15) is 9.59 Å². The van der Waals surface area contributed by atoms with Crippen LogP contribution in [0.1, 0.15) is 48.9 Å². The number of nitrogens with one attached hydrogen (secondary N) is 1. The number of hydrogen-bond donors (Lipinski definition) is 1. The van der Waals surface area contributed by atoms with E-state index in [1.807, 2.05) is 42.5 Å². The summed E-state index contributed by atoms with van der Waals surface area (Å²) in [7, 11) is 0. The van der Waals surface area contributed by atoms with Crippen LogP contribution in [0, 0.1) is 5.92 Å². The highest BCUT2D eigenvalue weighted by atomic mass is 16.2. The number of amides is 2. The van der Waals surface area contributed by atoms with Gasteiger partial charge in [0.2, 0.25) is 5.91 Å². The highest BCUT2D eigenvalue weighted by Gasteiger charge is 2.33. The second-order valence-corrected chi connectivity index (χ2v) is 8.68. The predicted octanol–water partition coefficient (Wildman–Crippen LogP) is 3.79. The Labute approximate surface area is 183 Å². The van der Waals surface area contributed by atoms with E-state index >= 15 is 0 Å². The normalized spacial score (nSPS) is 14.3. The number of carbonyl (C=O) groups is 2. The highest BCUT2D eigenvalue weighted by molar-refractivity contribution is 6.01. The lowest BCUT2D eigenvalue weighted by molar-refractivity contribution is -0.125. The number of aryl methyl sites for hydroxylation is 1. The summed E-state index contributed by atoms with van der Waals surface area (Å²) in [6.07, 6.45) is 1.60. The van der Waals surface area contributed by atoms with E-state index in [1.54, 1.807) is 11.8 Å². The Morgan fingerprint density at radius 3 is 2.61 bits per heavy atom. The zero-order valence-electron chi connectivity index (χ0n) is 18.5. The van der Waals surface area contributed by atoms with Crippen molar-refractivity contribution in [3.63, 3.8) is 0 Å². The number of nitrogens with zero attached hydrogens (tertiary/aromatic N) is 3. The van der Waals surface area contributed by atoms with Gasteiger partial charge in [-0.25, -0.2) is 4.98 Å². The summed E-state index contributed by atoms with van der Waals surface area (Å²) in [5.74, 6) is 1.40. The van der Waals surface area contributed by atoms with Gasteiger partial charge in [0.1, 0.15) is 11.9 Å². The van der Waals surface area contributed by atoms with Gasteiger partial charge in [-0.05, 0) is 43.0 Å². The zero-order chi connectivity index (χ0) is 22.0. The topological polar surface area (TPSA) is 67.2 Å². The Balaban J connectivity index is 1.33. The van der Waals surface area contributed by atoms with Crippen LogP contribution in [0.5, 0.6) is 0 Å². The molecule has 4 rings (SSSR count). The van der Waals surface area contributed by atoms with Crippen LogP contribution in [0.3, 0.4) is 0 Å². The molecule has 1 aliphatic rings. The minimum atomic E-state index is -0.495. The molecule has 162 valence electrons. The SMILES string of the molecule is CC(C)Cn1c(CCCNC(=O)[C@@H](C)N2Cc3ccccc3C2=O)nc2ccccc21. The third kappa shape index (κ3) is 4.33. The molecule has 6 heteroatoms. The number of para-hydroxylation sites is 2. The molecule has 3 aromatic rings. The summed E-state index contributed by atoms with van der Waals surface area (Å²) in [5.41, 5.74) is 3.86. The Bertz CT molecular complexity index is 1100. The molecule has 2 aromatic carbocycles. The smallest absolute Gasteiger partial charge is 0.255 e. The van der Waals surface area contributed by atoms with Crippen molar-refractivity contribution in [2.75, 3.05) is 6.54 Å². The van der Waals surface area contributed by atoms with Gasteiger partial charge in [0, 0.05) is 31.6 Å². The quantitative estimate of drug-likeness (QED) is 0.566. The first-order valence-electron chi connectivity index (χ1n) is 11.1. The van der Waals surface area contributed by atoms with Crippen molar-refractivity contribution in [3.05, 3.63) is 65.5 Å². The van der Waals surface area contributed by atoms with Gasteiger partial charge in [0.15, 0.2) is 0 Å². The lowest BCUT2D eigenvalue weighted by atomic mass is 10.1. The summed E-state index contributed by atoms with van der Waals surface area (Å²) in [5, 5.41) is 3.00. The van der Waals surface area contributed by atoms with Gasteiger partial charge < -0.3 is 14.8 Å². The van der Waals surface area contributed by atoms with Gasteiger partial charge in [-0.1, -0.05) is 44.2 Å². The maximum absolute atomic E-state index is 12.7. The molecule has 0 saturated carbocycles. The molecule has 0 spiro atoms. The summed E-state index contributed by atoms with van der Waals surface area (Å²) >= 11 is 0. The molecule has 0 bridgehead atoms. The predicted molar refractivity (Wildman–Crippen MR) is 122 cm³/mol. The molecule has 31 heavy (non-hydrogen) atoms. The fourth-order valence-corrected chi connectivity index (χ4v) is 4.22. The van der Waals surface area contributed by atoms with E-state index in [-0.39, 0.29) is 11.8 Å². The first-order chi connectivity index (χ1) is 15.0. The van der Waals surface area contributed by atoms with Crippen molar-refractivity contribution in [1.82, 2.24) is 19.8 Å². The third-order valence-corrected chi connectivity index (χ3v) is 5.85. The summed E-state index contributed by atoms with van der Waals surface area (Å²) < 4.78 is 2.30. The van der Waals surface area contributed by atoms with Gasteiger partial charge in [0.25, 0.3) is 5.91 Å². The van der Waals surface area contributed by atoms with Crippen molar-refractivity contribution in [3.8, 4) is 0 Å². The summed E-state index contributed by atoms with van der Waals surface area (Å²) in [4.78, 5) is 31.7. The maximum atomic E-state index is 12.7. The van der Waals surface area contributed by atoms with Crippen molar-refractivity contribution < 1.29 is 9.59 Å². The lowest BCUT2D eigenvalue weighted by Gasteiger charge is -2.23. The van der Waals surface area contributed by atoms with Gasteiger partial charge in [-0.3, -0.25) is 9.59 Å². The Kier molecular flexibility index (Phi) is 6.07. The molecule has 2 heterocycles. The van der Waals surface area contributed by atoms with Gasteiger partial charge in [-0.15, -0.1) is 0 Å². The van der Waals surface area contributed by atoms with Crippen LogP contribution in [0.2, 0.25) is 0 Å². The van der Waals surface area contributed by atoms with Crippen molar-refractivity contribution in [1.29, 1.82) is 0 Å². The van der Waals surface area contributed by atoms with E-state index in [4.69, 9.17) is 4.98 Å². The number of fused-ring (bicyclic) bond motifs is 2. The minimum Gasteiger partial charge on any atom is -0.354 e. The van der Waals surface area contributed by atoms with Crippen LogP contribution in [0.15, 0.2) is 48.5 Å². The van der Waals surface area contributed by atoms with E-state index in [2.05, 4.69) is 29.8 Å². The Morgan fingerprint density at radius 1 is 1.10 bits per heavy atom. The molecule has 1 aromatic heterocycles. The Morgan fingerprint density at radius 2 is 1.84 bits per heavy atom. The molecule has 0 unspecified atom stereocenters. The molecular formula is C25H30N4O2. The van der Waals surface area contributed by atoms with Crippen LogP contribution < -0.4 is 5.32 Å². The Hall–Kier alpha value is -3.15. The van der Waals surface area contributed by atoms with E-state index in [0.717, 1.165) is 41.8 Å². The molecule has 0 fully saturated rings. The van der Waals surface area contributed by atoms with Gasteiger partial charge >= 0.3 is 0 Å². The highest BCUT2D eigenvalue weighted by Crippen LogP contribution is 2.24. The number of carbonyl (C=O) groups excluding carboxylic acids is 2. The molecule has 1 aliphatic heterocycles. The number of imidazole rings is 1. The van der Waals surface area contributed by atoms with Crippen molar-refractivity contribution in [2.24, 2.45) is 5.92 Å². The largest absolute Gasteiger partial charge is 0.354 e. The van der Waals surface area contributed by atoms with Crippen LogP contribution in [-0.4, -0.2) is 38.9 Å². The van der Waals surface area contributed by atoms with Crippen LogP contribution in [-0.2, 0) is 24.3 Å². The van der Waals surface area contributed by atoms with Gasteiger partial charge in [-0.2, -0.15) is 0 Å². The van der Waals surface area contributed by atoms with Crippen molar-refractivity contribution >= 4 is 22.8 Å².